The third-order valence-electron chi connectivity index (χ3n) is 2.95. The van der Waals surface area contributed by atoms with Crippen LogP contribution >= 0.6 is 0 Å². The quantitative estimate of drug-likeness (QED) is 0.538. The Labute approximate surface area is 118 Å². The maximum absolute atomic E-state index is 11.7. The Morgan fingerprint density at radius 2 is 2.00 bits per heavy atom. The summed E-state index contributed by atoms with van der Waals surface area (Å²) >= 11 is 0. The van der Waals surface area contributed by atoms with E-state index in [9.17, 15) is 9.59 Å². The number of carbonyl (C=O) groups excluding carboxylic acids is 2. The van der Waals surface area contributed by atoms with Gasteiger partial charge in [0.15, 0.2) is 0 Å². The van der Waals surface area contributed by atoms with E-state index in [0.29, 0.717) is 30.1 Å². The molecule has 0 radical (unpaired) electrons. The molecule has 0 saturated heterocycles. The number of hydrogen-bond acceptors (Lipinski definition) is 5. The normalized spacial score (nSPS) is 10.9. The molecule has 0 heterocycles. The van der Waals surface area contributed by atoms with E-state index in [-0.39, 0.29) is 0 Å². The number of benzene rings is 1. The third kappa shape index (κ3) is 3.88. The van der Waals surface area contributed by atoms with E-state index in [1.807, 2.05) is 0 Å². The minimum atomic E-state index is -0.716. The zero-order valence-corrected chi connectivity index (χ0v) is 12.0. The van der Waals surface area contributed by atoms with Gasteiger partial charge in [-0.3, -0.25) is 4.79 Å². The molecule has 5 N–H and O–H groups in total. The Bertz CT molecular complexity index is 512. The molecule has 0 aliphatic rings. The van der Waals surface area contributed by atoms with Gasteiger partial charge in [0.25, 0.3) is 0 Å². The molecule has 0 aliphatic heterocycles. The molecule has 0 atom stereocenters. The van der Waals surface area contributed by atoms with Crippen LogP contribution < -0.4 is 16.8 Å². The topological polar surface area (TPSA) is 107 Å². The lowest BCUT2D eigenvalue weighted by molar-refractivity contribution is -0.125. The van der Waals surface area contributed by atoms with Gasteiger partial charge in [0, 0.05) is 6.54 Å². The van der Waals surface area contributed by atoms with E-state index in [2.05, 4.69) is 5.32 Å². The van der Waals surface area contributed by atoms with Crippen LogP contribution in [0.15, 0.2) is 18.2 Å². The number of anilines is 2. The predicted molar refractivity (Wildman–Crippen MR) is 78.3 cm³/mol. The average Bonchev–Trinajstić information content (AvgIpc) is 2.37. The first-order valence-corrected chi connectivity index (χ1v) is 6.38. The Hall–Kier alpha value is -2.24. The van der Waals surface area contributed by atoms with Crippen molar-refractivity contribution in [1.82, 2.24) is 0 Å². The number of ether oxygens (including phenoxy) is 1. The van der Waals surface area contributed by atoms with Crippen LogP contribution in [-0.2, 0) is 9.53 Å². The summed E-state index contributed by atoms with van der Waals surface area (Å²) in [4.78, 5) is 22.9. The standard InChI is InChI=1S/C14H21N3O3/c1-4-20-12(18)9-5-6-10(15)11(7-9)17-8-14(2,3)13(16)19/h5-7,17H,4,8,15H2,1-3H3,(H2,16,19). The first-order valence-electron chi connectivity index (χ1n) is 6.38. The number of rotatable bonds is 6. The molecule has 0 aliphatic carbocycles. The highest BCUT2D eigenvalue weighted by molar-refractivity contribution is 5.92. The van der Waals surface area contributed by atoms with Crippen molar-refractivity contribution in [2.45, 2.75) is 20.8 Å². The smallest absolute Gasteiger partial charge is 0.338 e. The fourth-order valence-corrected chi connectivity index (χ4v) is 1.45. The van der Waals surface area contributed by atoms with Crippen LogP contribution in [0, 0.1) is 5.41 Å². The fourth-order valence-electron chi connectivity index (χ4n) is 1.45. The Morgan fingerprint density at radius 1 is 1.35 bits per heavy atom. The molecule has 110 valence electrons. The minimum Gasteiger partial charge on any atom is -0.462 e. The molecule has 6 nitrogen and oxygen atoms in total. The summed E-state index contributed by atoms with van der Waals surface area (Å²) in [6.45, 7) is 5.82. The van der Waals surface area contributed by atoms with Gasteiger partial charge in [-0.05, 0) is 39.0 Å². The lowest BCUT2D eigenvalue weighted by Crippen LogP contribution is -2.37. The molecule has 0 aromatic heterocycles. The van der Waals surface area contributed by atoms with Crippen LogP contribution in [0.25, 0.3) is 0 Å². The molecular formula is C14H21N3O3. The molecule has 6 heteroatoms. The van der Waals surface area contributed by atoms with Gasteiger partial charge in [0.2, 0.25) is 5.91 Å². The van der Waals surface area contributed by atoms with E-state index in [4.69, 9.17) is 16.2 Å². The molecule has 1 amide bonds. The predicted octanol–water partition coefficient (Wildman–Crippen LogP) is 1.37. The maximum atomic E-state index is 11.7. The van der Waals surface area contributed by atoms with Crippen molar-refractivity contribution in [3.63, 3.8) is 0 Å². The van der Waals surface area contributed by atoms with Gasteiger partial charge < -0.3 is 21.5 Å². The summed E-state index contributed by atoms with van der Waals surface area (Å²) in [7, 11) is 0. The van der Waals surface area contributed by atoms with E-state index >= 15 is 0 Å². The zero-order valence-electron chi connectivity index (χ0n) is 12.0. The van der Waals surface area contributed by atoms with Crippen LogP contribution in [0.1, 0.15) is 31.1 Å². The molecule has 0 unspecified atom stereocenters. The molecule has 20 heavy (non-hydrogen) atoms. The molecule has 1 aromatic carbocycles. The van der Waals surface area contributed by atoms with Gasteiger partial charge in [-0.2, -0.15) is 0 Å². The number of carbonyl (C=O) groups is 2. The van der Waals surface area contributed by atoms with Crippen LogP contribution in [0.3, 0.4) is 0 Å². The van der Waals surface area contributed by atoms with Crippen LogP contribution in [0.2, 0.25) is 0 Å². The van der Waals surface area contributed by atoms with Gasteiger partial charge in [-0.15, -0.1) is 0 Å². The highest BCUT2D eigenvalue weighted by atomic mass is 16.5. The number of esters is 1. The van der Waals surface area contributed by atoms with E-state index in [0.717, 1.165) is 0 Å². The molecule has 1 aromatic rings. The summed E-state index contributed by atoms with van der Waals surface area (Å²) < 4.78 is 4.92. The van der Waals surface area contributed by atoms with Gasteiger partial charge in [-0.25, -0.2) is 4.79 Å². The molecule has 0 fully saturated rings. The molecule has 1 rings (SSSR count). The number of amides is 1. The summed E-state index contributed by atoms with van der Waals surface area (Å²) in [5.74, 6) is -0.824. The number of nitrogens with two attached hydrogens (primary N) is 2. The summed E-state index contributed by atoms with van der Waals surface area (Å²) in [5.41, 5.74) is 11.9. The lowest BCUT2D eigenvalue weighted by atomic mass is 9.92. The second-order valence-corrected chi connectivity index (χ2v) is 5.12. The second-order valence-electron chi connectivity index (χ2n) is 5.12. The minimum absolute atomic E-state index is 0.306. The Kier molecular flexibility index (Phi) is 4.96. The van der Waals surface area contributed by atoms with Gasteiger partial charge in [0.1, 0.15) is 0 Å². The van der Waals surface area contributed by atoms with Crippen molar-refractivity contribution in [2.75, 3.05) is 24.2 Å². The van der Waals surface area contributed by atoms with Crippen molar-refractivity contribution in [3.8, 4) is 0 Å². The van der Waals surface area contributed by atoms with E-state index in [1.54, 1.807) is 39.0 Å². The van der Waals surface area contributed by atoms with Gasteiger partial charge in [0.05, 0.1) is 29.0 Å². The average molecular weight is 279 g/mol. The maximum Gasteiger partial charge on any atom is 0.338 e. The monoisotopic (exact) mass is 279 g/mol. The Morgan fingerprint density at radius 3 is 2.55 bits per heavy atom. The first kappa shape index (κ1) is 15.8. The number of nitrogens with one attached hydrogen (secondary N) is 1. The van der Waals surface area contributed by atoms with Crippen molar-refractivity contribution < 1.29 is 14.3 Å². The summed E-state index contributed by atoms with van der Waals surface area (Å²) in [6, 6.07) is 4.81. The van der Waals surface area contributed by atoms with Crippen molar-refractivity contribution in [2.24, 2.45) is 11.1 Å². The molecular weight excluding hydrogens is 258 g/mol. The van der Waals surface area contributed by atoms with E-state index in [1.165, 1.54) is 0 Å². The fraction of sp³-hybridized carbons (Fsp3) is 0.429. The van der Waals surface area contributed by atoms with Crippen molar-refractivity contribution in [1.29, 1.82) is 0 Å². The molecule has 0 saturated carbocycles. The molecule has 0 bridgehead atoms. The third-order valence-corrected chi connectivity index (χ3v) is 2.95. The number of nitrogen functional groups attached to an aromatic ring is 1. The number of primary amides is 1. The van der Waals surface area contributed by atoms with E-state index < -0.39 is 17.3 Å². The van der Waals surface area contributed by atoms with Crippen molar-refractivity contribution in [3.05, 3.63) is 23.8 Å². The lowest BCUT2D eigenvalue weighted by Gasteiger charge is -2.22. The zero-order chi connectivity index (χ0) is 15.3. The van der Waals surface area contributed by atoms with Crippen LogP contribution in [-0.4, -0.2) is 25.0 Å². The highest BCUT2D eigenvalue weighted by Gasteiger charge is 2.24. The highest BCUT2D eigenvalue weighted by Crippen LogP contribution is 2.23. The number of hydrogen-bond donors (Lipinski definition) is 3. The first-order chi connectivity index (χ1) is 9.27. The largest absolute Gasteiger partial charge is 0.462 e. The SMILES string of the molecule is CCOC(=O)c1ccc(N)c(NCC(C)(C)C(N)=O)c1. The van der Waals surface area contributed by atoms with Gasteiger partial charge >= 0.3 is 5.97 Å². The summed E-state index contributed by atoms with van der Waals surface area (Å²) in [6.07, 6.45) is 0. The Balaban J connectivity index is 2.87. The summed E-state index contributed by atoms with van der Waals surface area (Å²) in [5, 5.41) is 3.04. The van der Waals surface area contributed by atoms with Crippen molar-refractivity contribution >= 4 is 23.3 Å². The second kappa shape index (κ2) is 6.27. The van der Waals surface area contributed by atoms with Crippen LogP contribution in [0.4, 0.5) is 11.4 Å². The van der Waals surface area contributed by atoms with Gasteiger partial charge in [-0.1, -0.05) is 0 Å². The molecule has 0 spiro atoms. The van der Waals surface area contributed by atoms with Crippen LogP contribution in [0.5, 0.6) is 0 Å².